The fourth-order valence-corrected chi connectivity index (χ4v) is 4.45. The second kappa shape index (κ2) is 9.96. The zero-order valence-corrected chi connectivity index (χ0v) is 17.7. The average molecular weight is 405 g/mol. The molecule has 2 aliphatic heterocycles. The van der Waals surface area contributed by atoms with E-state index >= 15 is 0 Å². The lowest BCUT2D eigenvalue weighted by molar-refractivity contribution is -0.157. The molecule has 0 aromatic heterocycles. The van der Waals surface area contributed by atoms with Crippen molar-refractivity contribution in [2.75, 3.05) is 40.5 Å². The summed E-state index contributed by atoms with van der Waals surface area (Å²) in [5.41, 5.74) is 1.04. The first-order valence-corrected chi connectivity index (χ1v) is 10.5. The van der Waals surface area contributed by atoms with Gasteiger partial charge in [-0.2, -0.15) is 0 Å². The molecule has 2 fully saturated rings. The Labute approximate surface area is 172 Å². The molecule has 1 aromatic carbocycles. The Kier molecular flexibility index (Phi) is 7.36. The van der Waals surface area contributed by atoms with Crippen LogP contribution in [-0.4, -0.2) is 68.2 Å². The molecule has 0 saturated carbocycles. The molecule has 0 spiro atoms. The third kappa shape index (κ3) is 4.83. The van der Waals surface area contributed by atoms with Crippen molar-refractivity contribution in [3.05, 3.63) is 23.8 Å². The molecule has 160 valence electrons. The predicted octanol–water partition coefficient (Wildman–Crippen LogP) is 2.78. The van der Waals surface area contributed by atoms with Gasteiger partial charge in [-0.1, -0.05) is 0 Å². The van der Waals surface area contributed by atoms with E-state index in [1.54, 1.807) is 26.0 Å². The summed E-state index contributed by atoms with van der Waals surface area (Å²) in [7, 11) is 3.31. The van der Waals surface area contributed by atoms with Crippen molar-refractivity contribution in [1.82, 2.24) is 9.80 Å². The van der Waals surface area contributed by atoms with E-state index in [4.69, 9.17) is 14.2 Å². The highest BCUT2D eigenvalue weighted by Crippen LogP contribution is 2.38. The molecule has 0 aliphatic carbocycles. The topological polar surface area (TPSA) is 68.3 Å². The number of carbonyl (C=O) groups is 2. The number of likely N-dealkylation sites (tertiary alicyclic amines) is 2. The van der Waals surface area contributed by atoms with Crippen molar-refractivity contribution in [3.8, 4) is 11.5 Å². The maximum absolute atomic E-state index is 13.1. The Morgan fingerprint density at radius 3 is 2.62 bits per heavy atom. The lowest BCUT2D eigenvalue weighted by Gasteiger charge is -2.36. The van der Waals surface area contributed by atoms with Crippen LogP contribution < -0.4 is 9.47 Å². The highest BCUT2D eigenvalue weighted by molar-refractivity contribution is 5.86. The largest absolute Gasteiger partial charge is 0.497 e. The molecule has 2 heterocycles. The minimum atomic E-state index is -0.455. The molecule has 0 radical (unpaired) electrons. The summed E-state index contributed by atoms with van der Waals surface area (Å²) in [5.74, 6) is 1.29. The quantitative estimate of drug-likeness (QED) is 0.651. The van der Waals surface area contributed by atoms with E-state index in [0.717, 1.165) is 49.3 Å². The van der Waals surface area contributed by atoms with Crippen LogP contribution in [0.3, 0.4) is 0 Å². The van der Waals surface area contributed by atoms with Gasteiger partial charge in [-0.3, -0.25) is 9.69 Å². The van der Waals surface area contributed by atoms with Crippen molar-refractivity contribution in [2.24, 2.45) is 0 Å². The van der Waals surface area contributed by atoms with Gasteiger partial charge in [0.15, 0.2) is 0 Å². The zero-order chi connectivity index (χ0) is 20.8. The van der Waals surface area contributed by atoms with Gasteiger partial charge in [0.25, 0.3) is 0 Å². The summed E-state index contributed by atoms with van der Waals surface area (Å²) in [5, 5.41) is 0. The van der Waals surface area contributed by atoms with Crippen LogP contribution in [0.25, 0.3) is 0 Å². The first-order valence-electron chi connectivity index (χ1n) is 10.5. The number of esters is 1. The van der Waals surface area contributed by atoms with Crippen molar-refractivity contribution in [3.63, 3.8) is 0 Å². The van der Waals surface area contributed by atoms with Crippen LogP contribution >= 0.6 is 0 Å². The Bertz CT molecular complexity index is 723. The van der Waals surface area contributed by atoms with Crippen LogP contribution in [0.5, 0.6) is 11.5 Å². The highest BCUT2D eigenvalue weighted by atomic mass is 16.5. The summed E-state index contributed by atoms with van der Waals surface area (Å²) in [6.45, 7) is 3.88. The van der Waals surface area contributed by atoms with Crippen LogP contribution in [-0.2, 0) is 14.3 Å². The fraction of sp³-hybridized carbons (Fsp3) is 0.636. The third-order valence-electron chi connectivity index (χ3n) is 5.88. The van der Waals surface area contributed by atoms with Crippen LogP contribution in [0, 0.1) is 0 Å². The average Bonchev–Trinajstić information content (AvgIpc) is 3.21. The number of hydrogen-bond donors (Lipinski definition) is 0. The number of nitrogens with zero attached hydrogens (tertiary/aromatic N) is 2. The monoisotopic (exact) mass is 404 g/mol. The van der Waals surface area contributed by atoms with Gasteiger partial charge in [-0.25, -0.2) is 4.79 Å². The molecule has 2 atom stereocenters. The van der Waals surface area contributed by atoms with Gasteiger partial charge in [0.1, 0.15) is 17.5 Å². The number of hydrogen-bond acceptors (Lipinski definition) is 6. The molecule has 1 aromatic rings. The Morgan fingerprint density at radius 2 is 1.90 bits per heavy atom. The van der Waals surface area contributed by atoms with E-state index < -0.39 is 6.04 Å². The van der Waals surface area contributed by atoms with E-state index in [0.29, 0.717) is 26.1 Å². The van der Waals surface area contributed by atoms with E-state index in [2.05, 4.69) is 4.90 Å². The molecular weight excluding hydrogens is 372 g/mol. The highest BCUT2D eigenvalue weighted by Gasteiger charge is 2.36. The summed E-state index contributed by atoms with van der Waals surface area (Å²) < 4.78 is 16.2. The van der Waals surface area contributed by atoms with Gasteiger partial charge >= 0.3 is 5.97 Å². The minimum absolute atomic E-state index is 0.00323. The fourth-order valence-electron chi connectivity index (χ4n) is 4.45. The minimum Gasteiger partial charge on any atom is -0.497 e. The second-order valence-electron chi connectivity index (χ2n) is 7.59. The smallest absolute Gasteiger partial charge is 0.328 e. The number of piperidine rings is 1. The molecule has 0 unspecified atom stereocenters. The van der Waals surface area contributed by atoms with Crippen LogP contribution in [0.2, 0.25) is 0 Å². The van der Waals surface area contributed by atoms with E-state index in [-0.39, 0.29) is 17.9 Å². The number of carbonyl (C=O) groups excluding carboxylic acids is 2. The molecular formula is C22H32N2O5. The van der Waals surface area contributed by atoms with Crippen molar-refractivity contribution < 1.29 is 23.8 Å². The molecule has 29 heavy (non-hydrogen) atoms. The number of rotatable bonds is 7. The molecule has 0 N–H and O–H groups in total. The first kappa shape index (κ1) is 21.4. The van der Waals surface area contributed by atoms with E-state index in [1.807, 2.05) is 18.2 Å². The predicted molar refractivity (Wildman–Crippen MR) is 109 cm³/mol. The number of methoxy groups -OCH3 is 2. The van der Waals surface area contributed by atoms with Gasteiger partial charge in [0.05, 0.1) is 27.4 Å². The van der Waals surface area contributed by atoms with Gasteiger partial charge in [0.2, 0.25) is 5.91 Å². The molecule has 7 nitrogen and oxygen atoms in total. The lowest BCUT2D eigenvalue weighted by atomic mass is 10.0. The Balaban J connectivity index is 1.75. The molecule has 3 rings (SSSR count). The SMILES string of the molecule is CCOC(=O)[C@@H]1CCCCN1C(=O)CN1CCC[C@H]1c1cc(OC)ccc1OC. The number of amides is 1. The maximum Gasteiger partial charge on any atom is 0.328 e. The molecule has 7 heteroatoms. The standard InChI is InChI=1S/C22H32N2O5/c1-4-29-22(26)19-8-5-6-13-24(19)21(25)15-23-12-7-9-18(23)17-14-16(27-2)10-11-20(17)28-3/h10-11,14,18-19H,4-9,12-13,15H2,1-3H3/t18-,19-/m0/s1. The van der Waals surface area contributed by atoms with E-state index in [1.165, 1.54) is 0 Å². The number of benzene rings is 1. The van der Waals surface area contributed by atoms with Crippen LogP contribution in [0.15, 0.2) is 18.2 Å². The maximum atomic E-state index is 13.1. The second-order valence-corrected chi connectivity index (χ2v) is 7.59. The molecule has 0 bridgehead atoms. The van der Waals surface area contributed by atoms with Crippen LogP contribution in [0.1, 0.15) is 50.6 Å². The summed E-state index contributed by atoms with van der Waals surface area (Å²) in [6.07, 6.45) is 4.52. The first-order chi connectivity index (χ1) is 14.1. The van der Waals surface area contributed by atoms with Crippen molar-refractivity contribution in [1.29, 1.82) is 0 Å². The van der Waals surface area contributed by atoms with E-state index in [9.17, 15) is 9.59 Å². The number of ether oxygens (including phenoxy) is 3. The van der Waals surface area contributed by atoms with Gasteiger partial charge in [-0.05, 0) is 63.8 Å². The van der Waals surface area contributed by atoms with Crippen molar-refractivity contribution in [2.45, 2.75) is 51.1 Å². The summed E-state index contributed by atoms with van der Waals surface area (Å²) in [4.78, 5) is 29.4. The van der Waals surface area contributed by atoms with Crippen molar-refractivity contribution >= 4 is 11.9 Å². The lowest BCUT2D eigenvalue weighted by Crippen LogP contribution is -2.51. The summed E-state index contributed by atoms with van der Waals surface area (Å²) >= 11 is 0. The molecule has 2 saturated heterocycles. The van der Waals surface area contributed by atoms with Crippen LogP contribution in [0.4, 0.5) is 0 Å². The van der Waals surface area contributed by atoms with Gasteiger partial charge in [-0.15, -0.1) is 0 Å². The van der Waals surface area contributed by atoms with Gasteiger partial charge < -0.3 is 19.1 Å². The normalized spacial score (nSPS) is 22.4. The molecule has 1 amide bonds. The summed E-state index contributed by atoms with van der Waals surface area (Å²) in [6, 6.07) is 5.42. The third-order valence-corrected chi connectivity index (χ3v) is 5.88. The Morgan fingerprint density at radius 1 is 1.07 bits per heavy atom. The zero-order valence-electron chi connectivity index (χ0n) is 17.7. The molecule has 2 aliphatic rings. The van der Waals surface area contributed by atoms with Gasteiger partial charge in [0, 0.05) is 18.2 Å². The Hall–Kier alpha value is -2.28.